The quantitative estimate of drug-likeness (QED) is 0.817. The Bertz CT molecular complexity index is 354. The van der Waals surface area contributed by atoms with Crippen molar-refractivity contribution in [3.05, 3.63) is 34.9 Å². The zero-order valence-corrected chi connectivity index (χ0v) is 12.5. The fourth-order valence-corrected chi connectivity index (χ4v) is 2.21. The van der Waals surface area contributed by atoms with Gasteiger partial charge in [-0.15, -0.1) is 0 Å². The summed E-state index contributed by atoms with van der Waals surface area (Å²) in [5, 5.41) is 0.760. The van der Waals surface area contributed by atoms with E-state index < -0.39 is 0 Å². The van der Waals surface area contributed by atoms with Crippen molar-refractivity contribution in [2.24, 2.45) is 11.7 Å². The topological polar surface area (TPSA) is 29.3 Å². The number of hydrogen-bond donors (Lipinski definition) is 1. The molecule has 0 bridgehead atoms. The van der Waals surface area contributed by atoms with Crippen LogP contribution in [0.3, 0.4) is 0 Å². The summed E-state index contributed by atoms with van der Waals surface area (Å²) in [6.07, 6.45) is 2.19. The van der Waals surface area contributed by atoms with E-state index >= 15 is 0 Å². The van der Waals surface area contributed by atoms with Crippen LogP contribution >= 0.6 is 11.6 Å². The van der Waals surface area contributed by atoms with Gasteiger partial charge in [0, 0.05) is 17.6 Å². The lowest BCUT2D eigenvalue weighted by Crippen LogP contribution is -2.27. The first-order valence-electron chi connectivity index (χ1n) is 6.72. The molecule has 18 heavy (non-hydrogen) atoms. The van der Waals surface area contributed by atoms with Crippen molar-refractivity contribution in [2.45, 2.75) is 32.7 Å². The monoisotopic (exact) mass is 268 g/mol. The predicted molar refractivity (Wildman–Crippen MR) is 79.9 cm³/mol. The first kappa shape index (κ1) is 15.5. The summed E-state index contributed by atoms with van der Waals surface area (Å²) in [5.41, 5.74) is 7.31. The lowest BCUT2D eigenvalue weighted by atomic mass is 10.0. The highest BCUT2D eigenvalue weighted by molar-refractivity contribution is 6.30. The van der Waals surface area contributed by atoms with Crippen molar-refractivity contribution in [3.63, 3.8) is 0 Å². The van der Waals surface area contributed by atoms with Crippen LogP contribution < -0.4 is 5.73 Å². The van der Waals surface area contributed by atoms with Gasteiger partial charge in [-0.3, -0.25) is 0 Å². The fraction of sp³-hybridized carbons (Fsp3) is 0.600. The molecule has 0 heterocycles. The molecule has 3 heteroatoms. The second-order valence-electron chi connectivity index (χ2n) is 5.23. The number of rotatable bonds is 7. The largest absolute Gasteiger partial charge is 0.324 e. The Kier molecular flexibility index (Phi) is 6.69. The highest BCUT2D eigenvalue weighted by Crippen LogP contribution is 2.18. The maximum absolute atomic E-state index is 6.19. The minimum atomic E-state index is 0.0723. The van der Waals surface area contributed by atoms with E-state index in [9.17, 15) is 0 Å². The average Bonchev–Trinajstić information content (AvgIpc) is 2.35. The van der Waals surface area contributed by atoms with Gasteiger partial charge in [0.1, 0.15) is 0 Å². The Balaban J connectivity index is 2.39. The Labute approximate surface area is 116 Å². The van der Waals surface area contributed by atoms with E-state index in [0.717, 1.165) is 36.0 Å². The van der Waals surface area contributed by atoms with Crippen LogP contribution in [-0.2, 0) is 0 Å². The minimum Gasteiger partial charge on any atom is -0.324 e. The summed E-state index contributed by atoms with van der Waals surface area (Å²) in [6, 6.07) is 7.92. The molecule has 1 aromatic carbocycles. The van der Waals surface area contributed by atoms with Crippen molar-refractivity contribution in [1.29, 1.82) is 0 Å². The van der Waals surface area contributed by atoms with Crippen LogP contribution in [0.15, 0.2) is 24.3 Å². The van der Waals surface area contributed by atoms with Gasteiger partial charge in [0.25, 0.3) is 0 Å². The second-order valence-corrected chi connectivity index (χ2v) is 5.66. The predicted octanol–water partition coefficient (Wildman–Crippen LogP) is 3.71. The molecule has 102 valence electrons. The van der Waals surface area contributed by atoms with Gasteiger partial charge in [-0.05, 0) is 43.6 Å². The van der Waals surface area contributed by atoms with Crippen molar-refractivity contribution in [2.75, 3.05) is 20.1 Å². The molecule has 0 saturated carbocycles. The number of nitrogens with two attached hydrogens (primary N) is 1. The summed E-state index contributed by atoms with van der Waals surface area (Å²) in [6.45, 7) is 6.68. The number of benzene rings is 1. The van der Waals surface area contributed by atoms with Gasteiger partial charge in [0.15, 0.2) is 0 Å². The maximum atomic E-state index is 6.19. The molecule has 1 aromatic rings. The van der Waals surface area contributed by atoms with Gasteiger partial charge in [0.05, 0.1) is 0 Å². The third-order valence-corrected chi connectivity index (χ3v) is 3.65. The van der Waals surface area contributed by atoms with Gasteiger partial charge < -0.3 is 10.6 Å². The van der Waals surface area contributed by atoms with Crippen molar-refractivity contribution in [3.8, 4) is 0 Å². The van der Waals surface area contributed by atoms with Gasteiger partial charge >= 0.3 is 0 Å². The Hall–Kier alpha value is -0.570. The third-order valence-electron chi connectivity index (χ3n) is 3.42. The molecule has 0 aliphatic heterocycles. The van der Waals surface area contributed by atoms with E-state index in [0.29, 0.717) is 0 Å². The van der Waals surface area contributed by atoms with E-state index in [-0.39, 0.29) is 6.04 Å². The van der Waals surface area contributed by atoms with E-state index in [2.05, 4.69) is 25.8 Å². The fourth-order valence-electron chi connectivity index (χ4n) is 2.02. The molecule has 0 aliphatic rings. The second kappa shape index (κ2) is 7.78. The maximum Gasteiger partial charge on any atom is 0.0409 e. The standard InChI is InChI=1S/C15H25ClN2/c1-4-12(2)11-18(3)9-8-15(17)13-6-5-7-14(16)10-13/h5-7,10,12,15H,4,8-9,11,17H2,1-3H3. The van der Waals surface area contributed by atoms with Gasteiger partial charge in [-0.2, -0.15) is 0 Å². The van der Waals surface area contributed by atoms with E-state index in [4.69, 9.17) is 17.3 Å². The number of nitrogens with zero attached hydrogens (tertiary/aromatic N) is 1. The van der Waals surface area contributed by atoms with Crippen LogP contribution in [0.4, 0.5) is 0 Å². The molecule has 0 fully saturated rings. The summed E-state index contributed by atoms with van der Waals surface area (Å²) in [5.74, 6) is 0.748. The molecule has 0 spiro atoms. The molecule has 2 N–H and O–H groups in total. The van der Waals surface area contributed by atoms with E-state index in [1.165, 1.54) is 6.42 Å². The molecule has 0 aliphatic carbocycles. The third kappa shape index (κ3) is 5.38. The van der Waals surface area contributed by atoms with E-state index in [1.54, 1.807) is 0 Å². The smallest absolute Gasteiger partial charge is 0.0409 e. The first-order chi connectivity index (χ1) is 8.52. The van der Waals surface area contributed by atoms with Crippen LogP contribution in [0.1, 0.15) is 38.3 Å². The molecule has 1 rings (SSSR count). The highest BCUT2D eigenvalue weighted by atomic mass is 35.5. The van der Waals surface area contributed by atoms with Gasteiger partial charge in [-0.1, -0.05) is 44.0 Å². The normalized spacial score (nSPS) is 14.8. The lowest BCUT2D eigenvalue weighted by molar-refractivity contribution is 0.272. The first-order valence-corrected chi connectivity index (χ1v) is 7.10. The summed E-state index contributed by atoms with van der Waals surface area (Å²) >= 11 is 5.97. The highest BCUT2D eigenvalue weighted by Gasteiger charge is 2.09. The molecule has 0 amide bonds. The van der Waals surface area contributed by atoms with Crippen molar-refractivity contribution < 1.29 is 0 Å². The molecule has 0 radical (unpaired) electrons. The summed E-state index contributed by atoms with van der Waals surface area (Å²) in [4.78, 5) is 2.36. The summed E-state index contributed by atoms with van der Waals surface area (Å²) < 4.78 is 0. The molecule has 0 aromatic heterocycles. The van der Waals surface area contributed by atoms with Crippen LogP contribution in [0.5, 0.6) is 0 Å². The molecule has 2 unspecified atom stereocenters. The zero-order valence-electron chi connectivity index (χ0n) is 11.7. The van der Waals surface area contributed by atoms with Crippen molar-refractivity contribution >= 4 is 11.6 Å². The van der Waals surface area contributed by atoms with Gasteiger partial charge in [0.2, 0.25) is 0 Å². The number of halogens is 1. The number of hydrogen-bond acceptors (Lipinski definition) is 2. The van der Waals surface area contributed by atoms with Gasteiger partial charge in [-0.25, -0.2) is 0 Å². The molecular weight excluding hydrogens is 244 g/mol. The van der Waals surface area contributed by atoms with Crippen LogP contribution in [0.25, 0.3) is 0 Å². The summed E-state index contributed by atoms with van der Waals surface area (Å²) in [7, 11) is 2.16. The zero-order chi connectivity index (χ0) is 13.5. The molecule has 2 atom stereocenters. The minimum absolute atomic E-state index is 0.0723. The molecular formula is C15H25ClN2. The Morgan fingerprint density at radius 3 is 2.72 bits per heavy atom. The van der Waals surface area contributed by atoms with Crippen LogP contribution in [-0.4, -0.2) is 25.0 Å². The molecule has 0 saturated heterocycles. The average molecular weight is 269 g/mol. The Morgan fingerprint density at radius 2 is 2.11 bits per heavy atom. The lowest BCUT2D eigenvalue weighted by Gasteiger charge is -2.22. The van der Waals surface area contributed by atoms with E-state index in [1.807, 2.05) is 24.3 Å². The SMILES string of the molecule is CCC(C)CN(C)CCC(N)c1cccc(Cl)c1. The van der Waals surface area contributed by atoms with Crippen molar-refractivity contribution in [1.82, 2.24) is 4.90 Å². The molecule has 2 nitrogen and oxygen atoms in total. The van der Waals surface area contributed by atoms with Crippen LogP contribution in [0, 0.1) is 5.92 Å². The Morgan fingerprint density at radius 1 is 1.39 bits per heavy atom. The van der Waals surface area contributed by atoms with Crippen LogP contribution in [0.2, 0.25) is 5.02 Å².